The van der Waals surface area contributed by atoms with Gasteiger partial charge < -0.3 is 10.2 Å². The SMILES string of the molecule is CCC(C)N(C)CCNC(=O)C(C)(C)CCl. The second kappa shape index (κ2) is 7.13. The Morgan fingerprint density at radius 2 is 2.06 bits per heavy atom. The molecule has 4 heteroatoms. The van der Waals surface area contributed by atoms with Crippen LogP contribution in [0.5, 0.6) is 0 Å². The number of nitrogens with zero attached hydrogens (tertiary/aromatic N) is 1. The molecule has 0 bridgehead atoms. The Bertz CT molecular complexity index is 219. The molecule has 0 radical (unpaired) electrons. The minimum atomic E-state index is -0.476. The third-order valence-corrected chi connectivity index (χ3v) is 3.71. The number of carbonyl (C=O) groups is 1. The Hall–Kier alpha value is -0.280. The van der Waals surface area contributed by atoms with Crippen LogP contribution in [-0.2, 0) is 4.79 Å². The molecule has 1 N–H and O–H groups in total. The Morgan fingerprint density at radius 3 is 2.50 bits per heavy atom. The largest absolute Gasteiger partial charge is 0.354 e. The summed E-state index contributed by atoms with van der Waals surface area (Å²) >= 11 is 5.73. The standard InChI is InChI=1S/C12H25ClN2O/c1-6-10(2)15(5)8-7-14-11(16)12(3,4)9-13/h10H,6-9H2,1-5H3,(H,14,16). The van der Waals surface area contributed by atoms with Gasteiger partial charge in [0.2, 0.25) is 5.91 Å². The van der Waals surface area contributed by atoms with Crippen molar-refractivity contribution in [2.24, 2.45) is 5.41 Å². The third-order valence-electron chi connectivity index (χ3n) is 3.04. The first-order valence-electron chi connectivity index (χ1n) is 5.89. The maximum Gasteiger partial charge on any atom is 0.226 e. The smallest absolute Gasteiger partial charge is 0.226 e. The molecule has 0 aliphatic rings. The van der Waals surface area contributed by atoms with E-state index >= 15 is 0 Å². The van der Waals surface area contributed by atoms with E-state index in [1.807, 2.05) is 13.8 Å². The summed E-state index contributed by atoms with van der Waals surface area (Å²) in [5, 5.41) is 2.92. The molecule has 0 saturated heterocycles. The van der Waals surface area contributed by atoms with Crippen LogP contribution < -0.4 is 5.32 Å². The molecular weight excluding hydrogens is 224 g/mol. The quantitative estimate of drug-likeness (QED) is 0.700. The first-order valence-corrected chi connectivity index (χ1v) is 6.43. The van der Waals surface area contributed by atoms with Gasteiger partial charge >= 0.3 is 0 Å². The predicted molar refractivity (Wildman–Crippen MR) is 69.9 cm³/mol. The van der Waals surface area contributed by atoms with Crippen molar-refractivity contribution in [3.63, 3.8) is 0 Å². The Morgan fingerprint density at radius 1 is 1.50 bits per heavy atom. The zero-order valence-electron chi connectivity index (χ0n) is 11.1. The summed E-state index contributed by atoms with van der Waals surface area (Å²) in [4.78, 5) is 13.9. The number of carbonyl (C=O) groups excluding carboxylic acids is 1. The van der Waals surface area contributed by atoms with Crippen LogP contribution >= 0.6 is 11.6 Å². The molecule has 0 aromatic carbocycles. The van der Waals surface area contributed by atoms with E-state index in [9.17, 15) is 4.79 Å². The van der Waals surface area contributed by atoms with Crippen LogP contribution in [-0.4, -0.2) is 42.9 Å². The highest BCUT2D eigenvalue weighted by Crippen LogP contribution is 2.16. The van der Waals surface area contributed by atoms with E-state index < -0.39 is 5.41 Å². The van der Waals surface area contributed by atoms with E-state index in [2.05, 4.69) is 31.1 Å². The first-order chi connectivity index (χ1) is 7.35. The van der Waals surface area contributed by atoms with Crippen molar-refractivity contribution in [3.8, 4) is 0 Å². The molecule has 0 heterocycles. The molecule has 0 aromatic rings. The molecule has 0 fully saturated rings. The van der Waals surface area contributed by atoms with E-state index in [0.29, 0.717) is 18.5 Å². The second-order valence-electron chi connectivity index (χ2n) is 5.01. The Kier molecular flexibility index (Phi) is 7.00. The van der Waals surface area contributed by atoms with Gasteiger partial charge in [-0.2, -0.15) is 0 Å². The first kappa shape index (κ1) is 15.7. The summed E-state index contributed by atoms with van der Waals surface area (Å²) in [7, 11) is 2.08. The number of hydrogen-bond donors (Lipinski definition) is 1. The number of likely N-dealkylation sites (N-methyl/N-ethyl adjacent to an activating group) is 1. The van der Waals surface area contributed by atoms with Gasteiger partial charge in [-0.15, -0.1) is 11.6 Å². The molecule has 0 aromatic heterocycles. The molecule has 1 amide bonds. The fraction of sp³-hybridized carbons (Fsp3) is 0.917. The van der Waals surface area contributed by atoms with E-state index in [4.69, 9.17) is 11.6 Å². The van der Waals surface area contributed by atoms with Crippen molar-refractivity contribution in [3.05, 3.63) is 0 Å². The average Bonchev–Trinajstić information content (AvgIpc) is 2.27. The molecule has 0 spiro atoms. The highest BCUT2D eigenvalue weighted by molar-refractivity contribution is 6.19. The van der Waals surface area contributed by atoms with Gasteiger partial charge in [0, 0.05) is 25.0 Å². The maximum absolute atomic E-state index is 11.7. The van der Waals surface area contributed by atoms with Crippen molar-refractivity contribution < 1.29 is 4.79 Å². The van der Waals surface area contributed by atoms with E-state index in [1.54, 1.807) is 0 Å². The van der Waals surface area contributed by atoms with Crippen molar-refractivity contribution in [2.45, 2.75) is 40.2 Å². The summed E-state index contributed by atoms with van der Waals surface area (Å²) in [6.45, 7) is 9.61. The lowest BCUT2D eigenvalue weighted by Crippen LogP contribution is -2.42. The predicted octanol–water partition coefficient (Wildman–Crippen LogP) is 2.10. The second-order valence-corrected chi connectivity index (χ2v) is 5.28. The van der Waals surface area contributed by atoms with Gasteiger partial charge in [0.1, 0.15) is 0 Å². The van der Waals surface area contributed by atoms with Crippen LogP contribution in [0.4, 0.5) is 0 Å². The molecule has 16 heavy (non-hydrogen) atoms. The van der Waals surface area contributed by atoms with Gasteiger partial charge in [0.15, 0.2) is 0 Å². The minimum Gasteiger partial charge on any atom is -0.354 e. The van der Waals surface area contributed by atoms with Crippen molar-refractivity contribution >= 4 is 17.5 Å². The average molecular weight is 249 g/mol. The molecule has 0 saturated carbocycles. The van der Waals surface area contributed by atoms with Gasteiger partial charge in [-0.05, 0) is 34.2 Å². The van der Waals surface area contributed by atoms with Crippen LogP contribution in [0.15, 0.2) is 0 Å². The van der Waals surface area contributed by atoms with Crippen molar-refractivity contribution in [1.82, 2.24) is 10.2 Å². The summed E-state index contributed by atoms with van der Waals surface area (Å²) < 4.78 is 0. The van der Waals surface area contributed by atoms with Crippen LogP contribution in [0.1, 0.15) is 34.1 Å². The normalized spacial score (nSPS) is 13.9. The lowest BCUT2D eigenvalue weighted by atomic mass is 9.95. The fourth-order valence-electron chi connectivity index (χ4n) is 1.18. The highest BCUT2D eigenvalue weighted by atomic mass is 35.5. The molecule has 0 rings (SSSR count). The molecule has 3 nitrogen and oxygen atoms in total. The van der Waals surface area contributed by atoms with Gasteiger partial charge in [-0.1, -0.05) is 6.92 Å². The summed E-state index contributed by atoms with van der Waals surface area (Å²) in [6, 6.07) is 0.554. The Balaban J connectivity index is 3.87. The maximum atomic E-state index is 11.7. The van der Waals surface area contributed by atoms with E-state index in [-0.39, 0.29) is 5.91 Å². The molecular formula is C12H25ClN2O. The number of amides is 1. The number of alkyl halides is 1. The monoisotopic (exact) mass is 248 g/mol. The zero-order valence-corrected chi connectivity index (χ0v) is 11.9. The van der Waals surface area contributed by atoms with Gasteiger partial charge in [0.05, 0.1) is 5.41 Å². The molecule has 0 aliphatic carbocycles. The Labute approximate surface area is 105 Å². The van der Waals surface area contributed by atoms with Crippen LogP contribution in [0.25, 0.3) is 0 Å². The van der Waals surface area contributed by atoms with Gasteiger partial charge in [0.25, 0.3) is 0 Å². The van der Waals surface area contributed by atoms with Crippen molar-refractivity contribution in [1.29, 1.82) is 0 Å². The van der Waals surface area contributed by atoms with E-state index in [0.717, 1.165) is 13.0 Å². The van der Waals surface area contributed by atoms with Crippen molar-refractivity contribution in [2.75, 3.05) is 26.0 Å². The molecule has 1 unspecified atom stereocenters. The van der Waals surface area contributed by atoms with Gasteiger partial charge in [-0.25, -0.2) is 0 Å². The third kappa shape index (κ3) is 5.17. The van der Waals surface area contributed by atoms with E-state index in [1.165, 1.54) is 0 Å². The zero-order chi connectivity index (χ0) is 12.8. The summed E-state index contributed by atoms with van der Waals surface area (Å²) in [6.07, 6.45) is 1.12. The lowest BCUT2D eigenvalue weighted by Gasteiger charge is -2.25. The molecule has 0 aliphatic heterocycles. The summed E-state index contributed by atoms with van der Waals surface area (Å²) in [5.74, 6) is 0.375. The summed E-state index contributed by atoms with van der Waals surface area (Å²) in [5.41, 5.74) is -0.476. The molecule has 1 atom stereocenters. The number of nitrogens with one attached hydrogen (secondary N) is 1. The van der Waals surface area contributed by atoms with Crippen LogP contribution in [0.2, 0.25) is 0 Å². The lowest BCUT2D eigenvalue weighted by molar-refractivity contribution is -0.128. The van der Waals surface area contributed by atoms with Crippen LogP contribution in [0.3, 0.4) is 0 Å². The van der Waals surface area contributed by atoms with Crippen LogP contribution in [0, 0.1) is 5.41 Å². The number of halogens is 1. The minimum absolute atomic E-state index is 0.0278. The highest BCUT2D eigenvalue weighted by Gasteiger charge is 2.25. The molecule has 96 valence electrons. The number of rotatable bonds is 7. The van der Waals surface area contributed by atoms with Gasteiger partial charge in [-0.3, -0.25) is 4.79 Å². The number of hydrogen-bond acceptors (Lipinski definition) is 2. The fourth-order valence-corrected chi connectivity index (χ4v) is 1.30. The topological polar surface area (TPSA) is 32.3 Å².